The summed E-state index contributed by atoms with van der Waals surface area (Å²) in [6.07, 6.45) is -0.00984. The van der Waals surface area contributed by atoms with Gasteiger partial charge in [-0.1, -0.05) is 67.5 Å². The van der Waals surface area contributed by atoms with Crippen molar-refractivity contribution in [2.24, 2.45) is 5.41 Å². The van der Waals surface area contributed by atoms with Crippen molar-refractivity contribution in [3.05, 3.63) is 51.2 Å². The molecule has 1 aromatic heterocycles. The number of ether oxygens (including phenoxy) is 1. The number of H-pyrrole nitrogens is 1. The van der Waals surface area contributed by atoms with Gasteiger partial charge < -0.3 is 29.7 Å². The first-order chi connectivity index (χ1) is 21.2. The Morgan fingerprint density at radius 1 is 0.935 bits per heavy atom. The molecule has 0 aliphatic heterocycles. The number of hydrogen-bond acceptors (Lipinski definition) is 5. The summed E-state index contributed by atoms with van der Waals surface area (Å²) in [4.78, 5) is 28.4. The molecule has 1 unspecified atom stereocenters. The Bertz CT molecular complexity index is 1520. The molecule has 0 aliphatic rings. The van der Waals surface area contributed by atoms with Crippen LogP contribution < -0.4 is 9.74 Å². The lowest BCUT2D eigenvalue weighted by molar-refractivity contribution is -0.139. The zero-order chi connectivity index (χ0) is 34.8. The molecule has 10 heteroatoms. The van der Waals surface area contributed by atoms with Crippen LogP contribution in [-0.4, -0.2) is 53.8 Å². The molecule has 8 nitrogen and oxygen atoms in total. The smallest absolute Gasteiger partial charge is 0.408 e. The molecule has 0 saturated carbocycles. The van der Waals surface area contributed by atoms with E-state index >= 15 is 0 Å². The van der Waals surface area contributed by atoms with E-state index in [1.165, 1.54) is 0 Å². The number of nitrogens with one attached hydrogen (secondary N) is 2. The van der Waals surface area contributed by atoms with E-state index in [4.69, 9.17) is 9.16 Å². The number of aliphatic carboxylic acids is 1. The van der Waals surface area contributed by atoms with E-state index in [-0.39, 0.29) is 18.4 Å². The molecule has 254 valence electrons. The number of benzene rings is 2. The third-order valence-corrected chi connectivity index (χ3v) is 15.6. The second-order valence-electron chi connectivity index (χ2n) is 15.2. The highest BCUT2D eigenvalue weighted by Crippen LogP contribution is 2.44. The number of fused-ring (bicyclic) bond motifs is 1. The third kappa shape index (κ3) is 9.06. The van der Waals surface area contributed by atoms with Crippen molar-refractivity contribution in [1.82, 2.24) is 10.3 Å². The maximum absolute atomic E-state index is 12.6. The number of aliphatic hydroxyl groups is 1. The van der Waals surface area contributed by atoms with Crippen molar-refractivity contribution in [3.63, 3.8) is 0 Å². The molecule has 0 aliphatic carbocycles. The summed E-state index contributed by atoms with van der Waals surface area (Å²) in [7, 11) is -2.35. The van der Waals surface area contributed by atoms with Crippen LogP contribution in [0.5, 0.6) is 5.75 Å². The molecular formula is C36H53IN2O6Si. The monoisotopic (exact) mass is 764 g/mol. The molecule has 1 amide bonds. The standard InChI is InChI=1S/C36H53IN2O6Si/c1-21(2)46(22(3)4,23(5)6)45-27-15-24(16-31(33(41)42)39-34(43)44-35(7,8)9)14-26(17-27)25-12-13-30-28(18-25)29(32(37)38-30)19-36(10,11)20-40/h12-15,17-18,21-23,31,38,40H,16,19-20H2,1-11H3,(H,39,43)(H,41,42). The van der Waals surface area contributed by atoms with Crippen molar-refractivity contribution < 1.29 is 29.0 Å². The van der Waals surface area contributed by atoms with Gasteiger partial charge in [-0.15, -0.1) is 0 Å². The zero-order valence-electron chi connectivity index (χ0n) is 29.3. The van der Waals surface area contributed by atoms with Crippen molar-refractivity contribution in [3.8, 4) is 16.9 Å². The Labute approximate surface area is 289 Å². The van der Waals surface area contributed by atoms with Gasteiger partial charge in [0.15, 0.2) is 0 Å². The number of carboxylic acids is 1. The third-order valence-electron chi connectivity index (χ3n) is 8.67. The lowest BCUT2D eigenvalue weighted by Crippen LogP contribution is -2.50. The van der Waals surface area contributed by atoms with Crippen molar-refractivity contribution in [2.75, 3.05) is 6.61 Å². The van der Waals surface area contributed by atoms with E-state index in [1.54, 1.807) is 20.8 Å². The Balaban J connectivity index is 2.18. The number of aromatic nitrogens is 1. The number of carbonyl (C=O) groups is 2. The second kappa shape index (κ2) is 14.7. The fourth-order valence-corrected chi connectivity index (χ4v) is 12.6. The zero-order valence-corrected chi connectivity index (χ0v) is 32.5. The number of aromatic amines is 1. The van der Waals surface area contributed by atoms with Crippen LogP contribution in [0.15, 0.2) is 36.4 Å². The Morgan fingerprint density at radius 3 is 2.07 bits per heavy atom. The van der Waals surface area contributed by atoms with Crippen LogP contribution in [0.25, 0.3) is 22.0 Å². The predicted octanol–water partition coefficient (Wildman–Crippen LogP) is 9.08. The van der Waals surface area contributed by atoms with Crippen molar-refractivity contribution in [1.29, 1.82) is 0 Å². The van der Waals surface area contributed by atoms with Crippen LogP contribution in [0.4, 0.5) is 4.79 Å². The average Bonchev–Trinajstić information content (AvgIpc) is 3.22. The number of halogens is 1. The fraction of sp³-hybridized carbons (Fsp3) is 0.556. The average molecular weight is 765 g/mol. The lowest BCUT2D eigenvalue weighted by atomic mass is 9.86. The molecule has 3 aromatic rings. The first kappa shape index (κ1) is 37.9. The molecule has 46 heavy (non-hydrogen) atoms. The van der Waals surface area contributed by atoms with E-state index in [0.717, 1.165) is 36.9 Å². The van der Waals surface area contributed by atoms with Crippen LogP contribution in [0.2, 0.25) is 16.6 Å². The van der Waals surface area contributed by atoms with Crippen LogP contribution in [0, 0.1) is 9.12 Å². The van der Waals surface area contributed by atoms with Crippen molar-refractivity contribution >= 4 is 53.9 Å². The van der Waals surface area contributed by atoms with Gasteiger partial charge in [-0.2, -0.15) is 0 Å². The van der Waals surface area contributed by atoms with E-state index in [1.807, 2.05) is 12.1 Å². The normalized spacial score (nSPS) is 13.5. The van der Waals surface area contributed by atoms with Gasteiger partial charge in [0.2, 0.25) is 0 Å². The van der Waals surface area contributed by atoms with E-state index in [9.17, 15) is 19.8 Å². The lowest BCUT2D eigenvalue weighted by Gasteiger charge is -2.42. The van der Waals surface area contributed by atoms with E-state index in [0.29, 0.717) is 28.8 Å². The number of carbonyl (C=O) groups excluding carboxylic acids is 1. The quantitative estimate of drug-likeness (QED) is 0.102. The molecule has 4 N–H and O–H groups in total. The van der Waals surface area contributed by atoms with Gasteiger partial charge in [0.25, 0.3) is 8.32 Å². The number of aliphatic hydroxyl groups excluding tert-OH is 1. The Hall–Kier alpha value is -2.57. The summed E-state index contributed by atoms with van der Waals surface area (Å²) in [5.74, 6) is -0.435. The Kier molecular flexibility index (Phi) is 12.1. The summed E-state index contributed by atoms with van der Waals surface area (Å²) < 4.78 is 13.5. The molecule has 0 saturated heterocycles. The highest BCUT2D eigenvalue weighted by Gasteiger charge is 2.47. The maximum Gasteiger partial charge on any atom is 0.408 e. The number of alkyl carbamates (subject to hydrolysis) is 1. The topological polar surface area (TPSA) is 121 Å². The summed E-state index contributed by atoms with van der Waals surface area (Å²) in [5.41, 5.74) is 4.77. The Morgan fingerprint density at radius 2 is 1.54 bits per heavy atom. The second-order valence-corrected chi connectivity index (χ2v) is 21.7. The van der Waals surface area contributed by atoms with Gasteiger partial charge in [0.1, 0.15) is 17.4 Å². The summed E-state index contributed by atoms with van der Waals surface area (Å²) in [6, 6.07) is 11.1. The highest BCUT2D eigenvalue weighted by atomic mass is 127. The van der Waals surface area contributed by atoms with Gasteiger partial charge in [0.05, 0.1) is 3.70 Å². The minimum atomic E-state index is -2.35. The maximum atomic E-state index is 12.6. The summed E-state index contributed by atoms with van der Waals surface area (Å²) >= 11 is 2.32. The predicted molar refractivity (Wildman–Crippen MR) is 197 cm³/mol. The molecule has 0 spiro atoms. The summed E-state index contributed by atoms with van der Waals surface area (Å²) in [5, 5.41) is 23.7. The molecule has 1 heterocycles. The fourth-order valence-electron chi connectivity index (χ4n) is 6.55. The molecule has 0 radical (unpaired) electrons. The molecule has 0 bridgehead atoms. The van der Waals surface area contributed by atoms with Gasteiger partial charge in [-0.3, -0.25) is 0 Å². The van der Waals surface area contributed by atoms with Gasteiger partial charge in [-0.05, 0) is 118 Å². The number of amides is 1. The van der Waals surface area contributed by atoms with Gasteiger partial charge in [0, 0.05) is 23.9 Å². The number of carboxylic acid groups (broad SMARTS) is 1. The number of hydrogen-bond donors (Lipinski definition) is 4. The number of rotatable bonds is 13. The molecule has 0 fully saturated rings. The van der Waals surface area contributed by atoms with Gasteiger partial charge >= 0.3 is 12.1 Å². The highest BCUT2D eigenvalue weighted by molar-refractivity contribution is 14.1. The first-order valence-corrected chi connectivity index (χ1v) is 19.4. The largest absolute Gasteiger partial charge is 0.543 e. The molecular weight excluding hydrogens is 711 g/mol. The SMILES string of the molecule is CC(C)[Si](Oc1cc(CC(NC(=O)OC(C)(C)C)C(=O)O)cc(-c2ccc3[nH]c(I)c(CC(C)(C)CO)c3c2)c1)(C(C)C)C(C)C. The van der Waals surface area contributed by atoms with Crippen LogP contribution in [0.3, 0.4) is 0 Å². The summed E-state index contributed by atoms with van der Waals surface area (Å²) in [6.45, 7) is 22.8. The van der Waals surface area contributed by atoms with Crippen LogP contribution >= 0.6 is 22.6 Å². The molecule has 1 atom stereocenters. The molecule has 3 rings (SSSR count). The van der Waals surface area contributed by atoms with Crippen LogP contribution in [0.1, 0.15) is 87.3 Å². The minimum Gasteiger partial charge on any atom is -0.543 e. The van der Waals surface area contributed by atoms with Crippen molar-refractivity contribution in [2.45, 2.75) is 117 Å². The van der Waals surface area contributed by atoms with E-state index in [2.05, 4.69) is 113 Å². The van der Waals surface area contributed by atoms with Gasteiger partial charge in [-0.25, -0.2) is 9.59 Å². The van der Waals surface area contributed by atoms with E-state index < -0.39 is 32.0 Å². The first-order valence-electron chi connectivity index (χ1n) is 16.2. The minimum absolute atomic E-state index is 0.0542. The van der Waals surface area contributed by atoms with Crippen LogP contribution in [-0.2, 0) is 22.4 Å². The molecule has 2 aromatic carbocycles.